The highest BCUT2D eigenvalue weighted by molar-refractivity contribution is 6.17. The van der Waals surface area contributed by atoms with E-state index in [1.54, 1.807) is 6.07 Å². The van der Waals surface area contributed by atoms with E-state index in [0.29, 0.717) is 5.56 Å². The summed E-state index contributed by atoms with van der Waals surface area (Å²) < 4.78 is 4.48. The molecule has 0 unspecified atom stereocenters. The minimum Gasteiger partial charge on any atom is -0.508 e. The molecule has 0 aliphatic rings. The average molecular weight is 240 g/mol. The van der Waals surface area contributed by atoms with Gasteiger partial charge in [-0.25, -0.2) is 0 Å². The standard InChI is InChI=1S/C11H10ClNO3/c1-16-11(15)4-9-8(6-13)2-7(5-12)3-10(9)14/h2-3,14H,4-5H2,1H3. The number of phenols is 1. The van der Waals surface area contributed by atoms with Gasteiger partial charge in [-0.05, 0) is 17.7 Å². The SMILES string of the molecule is COC(=O)Cc1c(O)cc(CCl)cc1C#N. The fourth-order valence-corrected chi connectivity index (χ4v) is 1.45. The number of alkyl halides is 1. The summed E-state index contributed by atoms with van der Waals surface area (Å²) in [7, 11) is 1.25. The van der Waals surface area contributed by atoms with Crippen LogP contribution < -0.4 is 0 Å². The average Bonchev–Trinajstić information content (AvgIpc) is 2.30. The predicted octanol–water partition coefficient (Wildman–Crippen LogP) is 1.72. The Hall–Kier alpha value is -1.73. The van der Waals surface area contributed by atoms with Gasteiger partial charge in [-0.15, -0.1) is 11.6 Å². The molecule has 0 radical (unpaired) electrons. The van der Waals surface area contributed by atoms with Crippen molar-refractivity contribution < 1.29 is 14.6 Å². The Kier molecular flexibility index (Phi) is 4.15. The number of halogens is 1. The van der Waals surface area contributed by atoms with Gasteiger partial charge in [-0.3, -0.25) is 4.79 Å². The number of methoxy groups -OCH3 is 1. The summed E-state index contributed by atoms with van der Waals surface area (Å²) >= 11 is 5.60. The summed E-state index contributed by atoms with van der Waals surface area (Å²) in [5.41, 5.74) is 1.13. The lowest BCUT2D eigenvalue weighted by Gasteiger charge is -2.07. The summed E-state index contributed by atoms with van der Waals surface area (Å²) in [5.74, 6) is -0.425. The van der Waals surface area contributed by atoms with Crippen LogP contribution in [-0.2, 0) is 21.8 Å². The van der Waals surface area contributed by atoms with Crippen molar-refractivity contribution in [3.8, 4) is 11.8 Å². The Morgan fingerprint density at radius 3 is 2.81 bits per heavy atom. The Morgan fingerprint density at radius 2 is 2.31 bits per heavy atom. The Labute approximate surface area is 98.0 Å². The maximum absolute atomic E-state index is 11.1. The number of carbonyl (C=O) groups is 1. The van der Waals surface area contributed by atoms with Crippen LogP contribution in [0.3, 0.4) is 0 Å². The quantitative estimate of drug-likeness (QED) is 0.644. The summed E-state index contributed by atoms with van der Waals surface area (Å²) in [4.78, 5) is 11.1. The van der Waals surface area contributed by atoms with Crippen LogP contribution in [0.1, 0.15) is 16.7 Å². The van der Waals surface area contributed by atoms with Gasteiger partial charge in [0, 0.05) is 11.4 Å². The second-order valence-electron chi connectivity index (χ2n) is 3.14. The van der Waals surface area contributed by atoms with Crippen molar-refractivity contribution in [1.82, 2.24) is 0 Å². The minimum atomic E-state index is -0.509. The molecule has 16 heavy (non-hydrogen) atoms. The number of carbonyl (C=O) groups excluding carboxylic acids is 1. The highest BCUT2D eigenvalue weighted by atomic mass is 35.5. The molecule has 1 rings (SSSR count). The van der Waals surface area contributed by atoms with Gasteiger partial charge in [0.2, 0.25) is 0 Å². The number of nitrogens with zero attached hydrogens (tertiary/aromatic N) is 1. The fourth-order valence-electron chi connectivity index (χ4n) is 1.29. The molecule has 0 fully saturated rings. The zero-order valence-corrected chi connectivity index (χ0v) is 9.41. The smallest absolute Gasteiger partial charge is 0.310 e. The maximum atomic E-state index is 11.1. The molecule has 4 nitrogen and oxygen atoms in total. The topological polar surface area (TPSA) is 70.3 Å². The lowest BCUT2D eigenvalue weighted by Crippen LogP contribution is -2.06. The third-order valence-electron chi connectivity index (χ3n) is 2.11. The molecule has 0 saturated heterocycles. The first-order valence-electron chi connectivity index (χ1n) is 4.50. The summed E-state index contributed by atoms with van der Waals surface area (Å²) in [6.45, 7) is 0. The fraction of sp³-hybridized carbons (Fsp3) is 0.273. The van der Waals surface area contributed by atoms with Gasteiger partial charge in [0.1, 0.15) is 5.75 Å². The monoisotopic (exact) mass is 239 g/mol. The summed E-state index contributed by atoms with van der Waals surface area (Å²) in [6.07, 6.45) is -0.131. The van der Waals surface area contributed by atoms with E-state index in [2.05, 4.69) is 4.74 Å². The third-order valence-corrected chi connectivity index (χ3v) is 2.42. The van der Waals surface area contributed by atoms with Crippen molar-refractivity contribution in [3.63, 3.8) is 0 Å². The van der Waals surface area contributed by atoms with Crippen LogP contribution in [0.4, 0.5) is 0 Å². The Morgan fingerprint density at radius 1 is 1.62 bits per heavy atom. The van der Waals surface area contributed by atoms with Crippen LogP contribution in [0.15, 0.2) is 12.1 Å². The number of rotatable bonds is 3. The second-order valence-corrected chi connectivity index (χ2v) is 3.41. The molecule has 0 aliphatic heterocycles. The zero-order valence-electron chi connectivity index (χ0n) is 8.66. The molecule has 1 aromatic carbocycles. The summed E-state index contributed by atoms with van der Waals surface area (Å²) in [6, 6.07) is 4.90. The number of ether oxygens (including phenoxy) is 1. The molecule has 0 saturated carbocycles. The van der Waals surface area contributed by atoms with Crippen molar-refractivity contribution in [2.24, 2.45) is 0 Å². The van der Waals surface area contributed by atoms with E-state index >= 15 is 0 Å². The minimum absolute atomic E-state index is 0.111. The molecular weight excluding hydrogens is 230 g/mol. The van der Waals surface area contributed by atoms with Gasteiger partial charge in [0.15, 0.2) is 0 Å². The van der Waals surface area contributed by atoms with E-state index in [9.17, 15) is 9.90 Å². The Bertz CT molecular complexity index is 451. The van der Waals surface area contributed by atoms with Crippen molar-refractivity contribution in [3.05, 3.63) is 28.8 Å². The van der Waals surface area contributed by atoms with E-state index in [1.807, 2.05) is 6.07 Å². The van der Waals surface area contributed by atoms with Crippen LogP contribution in [0, 0.1) is 11.3 Å². The predicted molar refractivity (Wildman–Crippen MR) is 58.1 cm³/mol. The first kappa shape index (κ1) is 12.3. The molecule has 0 aliphatic carbocycles. The molecule has 0 bridgehead atoms. The Balaban J connectivity index is 3.18. The van der Waals surface area contributed by atoms with Gasteiger partial charge in [0.25, 0.3) is 0 Å². The molecule has 1 aromatic rings. The molecule has 0 spiro atoms. The number of esters is 1. The lowest BCUT2D eigenvalue weighted by atomic mass is 10.0. The lowest BCUT2D eigenvalue weighted by molar-refractivity contribution is -0.139. The normalized spacial score (nSPS) is 9.56. The van der Waals surface area contributed by atoms with Crippen molar-refractivity contribution in [2.75, 3.05) is 7.11 Å². The zero-order chi connectivity index (χ0) is 12.1. The number of benzene rings is 1. The van der Waals surface area contributed by atoms with Crippen molar-refractivity contribution >= 4 is 17.6 Å². The molecule has 0 amide bonds. The molecule has 0 atom stereocenters. The number of hydrogen-bond acceptors (Lipinski definition) is 4. The van der Waals surface area contributed by atoms with E-state index < -0.39 is 5.97 Å². The molecule has 5 heteroatoms. The van der Waals surface area contributed by atoms with Crippen LogP contribution >= 0.6 is 11.6 Å². The molecule has 84 valence electrons. The molecule has 1 N–H and O–H groups in total. The van der Waals surface area contributed by atoms with Crippen LogP contribution in [0.25, 0.3) is 0 Å². The highest BCUT2D eigenvalue weighted by Gasteiger charge is 2.14. The van der Waals surface area contributed by atoms with Crippen molar-refractivity contribution in [1.29, 1.82) is 5.26 Å². The number of hydrogen-bond donors (Lipinski definition) is 1. The first-order chi connectivity index (χ1) is 7.62. The van der Waals surface area contributed by atoms with Gasteiger partial charge in [-0.1, -0.05) is 0 Å². The number of phenolic OH excluding ortho intramolecular Hbond substituents is 1. The highest BCUT2D eigenvalue weighted by Crippen LogP contribution is 2.25. The number of nitriles is 1. The van der Waals surface area contributed by atoms with Gasteiger partial charge < -0.3 is 9.84 Å². The van der Waals surface area contributed by atoms with Crippen LogP contribution in [0.2, 0.25) is 0 Å². The third kappa shape index (κ3) is 2.65. The molecular formula is C11H10ClNO3. The van der Waals surface area contributed by atoms with E-state index in [1.165, 1.54) is 13.2 Å². The molecule has 0 aromatic heterocycles. The van der Waals surface area contributed by atoms with Crippen molar-refractivity contribution in [2.45, 2.75) is 12.3 Å². The summed E-state index contributed by atoms with van der Waals surface area (Å²) in [5, 5.41) is 18.6. The number of aromatic hydroxyl groups is 1. The molecule has 0 heterocycles. The van der Waals surface area contributed by atoms with Gasteiger partial charge >= 0.3 is 5.97 Å². The van der Waals surface area contributed by atoms with Crippen LogP contribution in [0.5, 0.6) is 5.75 Å². The van der Waals surface area contributed by atoms with E-state index in [4.69, 9.17) is 16.9 Å². The van der Waals surface area contributed by atoms with Gasteiger partial charge in [-0.2, -0.15) is 5.26 Å². The second kappa shape index (κ2) is 5.38. The van der Waals surface area contributed by atoms with Gasteiger partial charge in [0.05, 0.1) is 25.2 Å². The van der Waals surface area contributed by atoms with E-state index in [0.717, 1.165) is 0 Å². The maximum Gasteiger partial charge on any atom is 0.310 e. The largest absolute Gasteiger partial charge is 0.508 e. The van der Waals surface area contributed by atoms with E-state index in [-0.39, 0.29) is 29.2 Å². The van der Waals surface area contributed by atoms with Crippen LogP contribution in [-0.4, -0.2) is 18.2 Å². The first-order valence-corrected chi connectivity index (χ1v) is 5.03.